The van der Waals surface area contributed by atoms with Crippen molar-refractivity contribution in [3.05, 3.63) is 93.4 Å². The lowest BCUT2D eigenvalue weighted by Crippen LogP contribution is -2.45. The van der Waals surface area contributed by atoms with E-state index in [0.29, 0.717) is 0 Å². The zero-order valence-corrected chi connectivity index (χ0v) is 18.7. The molecule has 0 saturated carbocycles. The Morgan fingerprint density at radius 1 is 1.00 bits per heavy atom. The number of fused-ring (bicyclic) bond motifs is 1. The number of hydrogen-bond acceptors (Lipinski definition) is 5. The molecule has 3 aromatic rings. The molecule has 0 radical (unpaired) electrons. The molecular formula is C24H21F5N4O3. The number of amides is 1. The van der Waals surface area contributed by atoms with Crippen LogP contribution in [0.15, 0.2) is 65.5 Å². The molecule has 0 bridgehead atoms. The van der Waals surface area contributed by atoms with E-state index in [-0.39, 0.29) is 36.7 Å². The Hall–Kier alpha value is -3.96. The van der Waals surface area contributed by atoms with E-state index in [1.807, 2.05) is 60.7 Å². The average molecular weight is 508 g/mol. The molecule has 12 heteroatoms. The summed E-state index contributed by atoms with van der Waals surface area (Å²) in [4.78, 5) is 30.9. The summed E-state index contributed by atoms with van der Waals surface area (Å²) in [5.41, 5.74) is 7.72. The Balaban J connectivity index is 1.63. The molecule has 1 aliphatic rings. The van der Waals surface area contributed by atoms with Crippen LogP contribution in [0.25, 0.3) is 0 Å². The van der Waals surface area contributed by atoms with Crippen LogP contribution in [0.5, 0.6) is 0 Å². The summed E-state index contributed by atoms with van der Waals surface area (Å²) in [5.74, 6) is -5.33. The van der Waals surface area contributed by atoms with Crippen LogP contribution in [-0.4, -0.2) is 45.8 Å². The molecule has 0 saturated heterocycles. The normalized spacial score (nSPS) is 14.0. The number of aromatic nitrogens is 2. The average Bonchev–Trinajstić information content (AvgIpc) is 2.85. The highest BCUT2D eigenvalue weighted by atomic mass is 19.4. The van der Waals surface area contributed by atoms with Crippen molar-refractivity contribution in [3.63, 3.8) is 0 Å². The van der Waals surface area contributed by atoms with Crippen molar-refractivity contribution >= 4 is 12.0 Å². The number of carbonyl (C=O) groups is 1. The maximum atomic E-state index is 13.6. The van der Waals surface area contributed by atoms with E-state index < -0.39 is 36.4 Å². The monoisotopic (exact) mass is 508 g/mol. The van der Waals surface area contributed by atoms with Crippen molar-refractivity contribution < 1.29 is 31.5 Å². The number of nitrogens with two attached hydrogens (primary N) is 1. The Morgan fingerprint density at radius 3 is 2.08 bits per heavy atom. The second kappa shape index (κ2) is 9.59. The highest BCUT2D eigenvalue weighted by Crippen LogP contribution is 2.35. The molecule has 2 N–H and O–H groups in total. The van der Waals surface area contributed by atoms with Gasteiger partial charge in [-0.3, -0.25) is 9.36 Å². The van der Waals surface area contributed by atoms with E-state index in [4.69, 9.17) is 5.73 Å². The summed E-state index contributed by atoms with van der Waals surface area (Å²) < 4.78 is 68.8. The van der Waals surface area contributed by atoms with Crippen molar-refractivity contribution in [2.45, 2.75) is 31.1 Å². The van der Waals surface area contributed by atoms with Crippen LogP contribution in [0.4, 0.5) is 32.7 Å². The Kier molecular flexibility index (Phi) is 6.70. The molecule has 36 heavy (non-hydrogen) atoms. The molecule has 190 valence electrons. The predicted molar refractivity (Wildman–Crippen MR) is 119 cm³/mol. The number of nitrogens with zero attached hydrogens (tertiary/aromatic N) is 3. The second-order valence-electron chi connectivity index (χ2n) is 8.22. The van der Waals surface area contributed by atoms with E-state index >= 15 is 0 Å². The maximum absolute atomic E-state index is 13.6. The van der Waals surface area contributed by atoms with Crippen LogP contribution in [0.1, 0.15) is 28.4 Å². The van der Waals surface area contributed by atoms with Crippen molar-refractivity contribution in [2.24, 2.45) is 0 Å². The molecule has 2 heterocycles. The lowest BCUT2D eigenvalue weighted by Gasteiger charge is -2.30. The van der Waals surface area contributed by atoms with Gasteiger partial charge in [-0.2, -0.15) is 22.0 Å². The van der Waals surface area contributed by atoms with Gasteiger partial charge in [-0.15, -0.1) is 0 Å². The number of benzene rings is 2. The van der Waals surface area contributed by atoms with E-state index in [9.17, 15) is 31.5 Å². The van der Waals surface area contributed by atoms with Gasteiger partial charge in [-0.1, -0.05) is 60.7 Å². The molecule has 0 fully saturated rings. The first-order valence-corrected chi connectivity index (χ1v) is 10.9. The zero-order valence-electron chi connectivity index (χ0n) is 18.7. The number of anilines is 1. The number of carbonyl (C=O) groups excluding carboxylic acids is 1. The topological polar surface area (TPSA) is 90.5 Å². The first kappa shape index (κ1) is 25.1. The van der Waals surface area contributed by atoms with Crippen molar-refractivity contribution in [1.29, 1.82) is 0 Å². The summed E-state index contributed by atoms with van der Waals surface area (Å²) in [6.07, 6.45) is -7.24. The largest absolute Gasteiger partial charge is 0.456 e. The van der Waals surface area contributed by atoms with Gasteiger partial charge in [0.05, 0.1) is 18.3 Å². The van der Waals surface area contributed by atoms with Gasteiger partial charge in [0.2, 0.25) is 5.95 Å². The maximum Gasteiger partial charge on any atom is 0.456 e. The lowest BCUT2D eigenvalue weighted by molar-refractivity contribution is -0.292. The Bertz CT molecular complexity index is 1260. The summed E-state index contributed by atoms with van der Waals surface area (Å²) >= 11 is 0. The Labute approximate surface area is 201 Å². The molecule has 1 aliphatic heterocycles. The van der Waals surface area contributed by atoms with E-state index in [1.165, 1.54) is 4.57 Å². The number of halogens is 5. The van der Waals surface area contributed by atoms with Gasteiger partial charge in [0, 0.05) is 12.1 Å². The quantitative estimate of drug-likeness (QED) is 0.523. The number of ether oxygens (including phenoxy) is 1. The minimum Gasteiger partial charge on any atom is -0.443 e. The summed E-state index contributed by atoms with van der Waals surface area (Å²) in [6.45, 7) is -2.61. The van der Waals surface area contributed by atoms with Crippen LogP contribution in [0.2, 0.25) is 0 Å². The fourth-order valence-electron chi connectivity index (χ4n) is 4.01. The molecule has 4 rings (SSSR count). The first-order chi connectivity index (χ1) is 17.0. The van der Waals surface area contributed by atoms with Crippen molar-refractivity contribution in [1.82, 2.24) is 14.5 Å². The molecule has 0 atom stereocenters. The SMILES string of the molecule is Nc1nc2c(c(=O)n1C(c1ccccc1)c1ccccc1)CCN(C(=O)OCC(F)(F)C(F)(F)F)C2. The van der Waals surface area contributed by atoms with Gasteiger partial charge >= 0.3 is 18.2 Å². The van der Waals surface area contributed by atoms with Crippen LogP contribution in [0, 0.1) is 0 Å². The number of nitrogen functional groups attached to an aromatic ring is 1. The smallest absolute Gasteiger partial charge is 0.443 e. The van der Waals surface area contributed by atoms with Gasteiger partial charge < -0.3 is 15.4 Å². The standard InChI is InChI=1S/C24H21F5N4O3/c25-23(26,24(27,28)29)14-36-22(35)32-12-11-17-18(13-32)31-21(30)33(20(17)34)19(15-7-3-1-4-8-15)16-9-5-2-6-10-16/h1-10,19H,11-14H2,(H2,30,31). The highest BCUT2D eigenvalue weighted by molar-refractivity contribution is 5.68. The third kappa shape index (κ3) is 4.88. The van der Waals surface area contributed by atoms with Crippen LogP contribution in [-0.2, 0) is 17.7 Å². The van der Waals surface area contributed by atoms with Gasteiger partial charge in [-0.05, 0) is 17.5 Å². The Morgan fingerprint density at radius 2 is 1.56 bits per heavy atom. The molecule has 0 spiro atoms. The fourth-order valence-corrected chi connectivity index (χ4v) is 4.01. The molecular weight excluding hydrogens is 487 g/mol. The summed E-state index contributed by atoms with van der Waals surface area (Å²) in [5, 5.41) is 0. The summed E-state index contributed by atoms with van der Waals surface area (Å²) in [6, 6.07) is 17.7. The second-order valence-corrected chi connectivity index (χ2v) is 8.22. The minimum absolute atomic E-state index is 0.0114. The summed E-state index contributed by atoms with van der Waals surface area (Å²) in [7, 11) is 0. The molecule has 1 amide bonds. The predicted octanol–water partition coefficient (Wildman–Crippen LogP) is 4.16. The van der Waals surface area contributed by atoms with E-state index in [0.717, 1.165) is 16.0 Å². The third-order valence-electron chi connectivity index (χ3n) is 5.83. The van der Waals surface area contributed by atoms with Crippen LogP contribution in [0.3, 0.4) is 0 Å². The molecule has 1 aromatic heterocycles. The number of hydrogen-bond donors (Lipinski definition) is 1. The zero-order chi connectivity index (χ0) is 26.1. The highest BCUT2D eigenvalue weighted by Gasteiger charge is 2.58. The van der Waals surface area contributed by atoms with Gasteiger partial charge in [0.15, 0.2) is 6.61 Å². The lowest BCUT2D eigenvalue weighted by atomic mass is 9.97. The number of alkyl halides is 5. The third-order valence-corrected chi connectivity index (χ3v) is 5.83. The molecule has 2 aromatic carbocycles. The van der Waals surface area contributed by atoms with Gasteiger partial charge in [0.25, 0.3) is 5.56 Å². The molecule has 0 unspecified atom stereocenters. The van der Waals surface area contributed by atoms with E-state index in [2.05, 4.69) is 9.72 Å². The fraction of sp³-hybridized carbons (Fsp3) is 0.292. The van der Waals surface area contributed by atoms with Crippen molar-refractivity contribution in [3.8, 4) is 0 Å². The molecule has 0 aliphatic carbocycles. The van der Waals surface area contributed by atoms with Gasteiger partial charge in [0.1, 0.15) is 0 Å². The van der Waals surface area contributed by atoms with Crippen LogP contribution < -0.4 is 11.3 Å². The number of rotatable bonds is 5. The van der Waals surface area contributed by atoms with E-state index in [1.54, 1.807) is 0 Å². The molecule has 7 nitrogen and oxygen atoms in total. The minimum atomic E-state index is -5.85. The van der Waals surface area contributed by atoms with Gasteiger partial charge in [-0.25, -0.2) is 9.78 Å². The van der Waals surface area contributed by atoms with Crippen LogP contribution >= 0.6 is 0 Å². The first-order valence-electron chi connectivity index (χ1n) is 10.9. The van der Waals surface area contributed by atoms with Crippen molar-refractivity contribution in [2.75, 3.05) is 18.9 Å².